The molecule has 2 aromatic carbocycles. The first kappa shape index (κ1) is 24.4. The highest BCUT2D eigenvalue weighted by atomic mass is 32.2. The number of hydrogen-bond acceptors (Lipinski definition) is 2. The zero-order valence-electron chi connectivity index (χ0n) is 18.7. The van der Waals surface area contributed by atoms with E-state index in [4.69, 9.17) is 0 Å². The second-order valence-corrected chi connectivity index (χ2v) is 11.4. The van der Waals surface area contributed by atoms with Crippen molar-refractivity contribution < 1.29 is 26.3 Å². The number of benzene rings is 2. The van der Waals surface area contributed by atoms with Crippen LogP contribution in [0, 0.1) is 0 Å². The number of alkyl halides is 6. The number of hydrogen-bond donors (Lipinski definition) is 0. The van der Waals surface area contributed by atoms with E-state index in [0.717, 1.165) is 0 Å². The van der Waals surface area contributed by atoms with Gasteiger partial charge in [0.15, 0.2) is 0 Å². The van der Waals surface area contributed by atoms with Crippen LogP contribution in [0.5, 0.6) is 0 Å². The van der Waals surface area contributed by atoms with Crippen molar-refractivity contribution in [2.24, 2.45) is 0 Å². The Bertz CT molecular complexity index is 1190. The number of rotatable bonds is 2. The Hall–Kier alpha value is -2.32. The molecule has 1 fully saturated rings. The highest BCUT2D eigenvalue weighted by Gasteiger charge is 2.82. The molecule has 0 N–H and O–H groups in total. The van der Waals surface area contributed by atoms with Crippen molar-refractivity contribution in [2.45, 2.75) is 42.1 Å². The predicted octanol–water partition coefficient (Wildman–Crippen LogP) is 8.85. The van der Waals surface area contributed by atoms with E-state index in [-0.39, 0.29) is 11.1 Å². The second kappa shape index (κ2) is 8.37. The average molecular weight is 523 g/mol. The number of halogens is 6. The minimum absolute atomic E-state index is 0.183. The van der Waals surface area contributed by atoms with E-state index < -0.39 is 39.4 Å². The van der Waals surface area contributed by atoms with Crippen molar-refractivity contribution in [1.29, 1.82) is 0 Å². The third-order valence-electron chi connectivity index (χ3n) is 6.42. The molecule has 2 aliphatic heterocycles. The monoisotopic (exact) mass is 522 g/mol. The van der Waals surface area contributed by atoms with Crippen LogP contribution in [0.15, 0.2) is 95.1 Å². The summed E-state index contributed by atoms with van der Waals surface area (Å²) in [5.41, 5.74) is -1.43. The molecule has 1 aliphatic carbocycles. The van der Waals surface area contributed by atoms with Crippen LogP contribution in [0.4, 0.5) is 26.3 Å². The zero-order valence-corrected chi connectivity index (χ0v) is 20.3. The molecule has 0 spiro atoms. The Morgan fingerprint density at radius 1 is 0.571 bits per heavy atom. The molecule has 0 saturated heterocycles. The molecular weight excluding hydrogens is 502 g/mol. The molecule has 0 bridgehead atoms. The maximum Gasteiger partial charge on any atom is 0.380 e. The topological polar surface area (TPSA) is 0 Å². The minimum Gasteiger partial charge on any atom is -0.194 e. The summed E-state index contributed by atoms with van der Waals surface area (Å²) >= 11 is 2.39. The predicted molar refractivity (Wildman–Crippen MR) is 132 cm³/mol. The summed E-state index contributed by atoms with van der Waals surface area (Å²) in [5, 5.41) is -1.40. The van der Waals surface area contributed by atoms with Gasteiger partial charge in [-0.15, -0.1) is 23.5 Å². The maximum atomic E-state index is 15.3. The van der Waals surface area contributed by atoms with Gasteiger partial charge in [-0.2, -0.15) is 26.3 Å². The van der Waals surface area contributed by atoms with Gasteiger partial charge in [0.2, 0.25) is 0 Å². The van der Waals surface area contributed by atoms with Gasteiger partial charge in [-0.05, 0) is 48.3 Å². The van der Waals surface area contributed by atoms with Crippen molar-refractivity contribution in [3.63, 3.8) is 0 Å². The van der Waals surface area contributed by atoms with Crippen molar-refractivity contribution in [3.05, 3.63) is 106 Å². The Morgan fingerprint density at radius 3 is 1.26 bits per heavy atom. The Kier molecular flexibility index (Phi) is 5.83. The van der Waals surface area contributed by atoms with E-state index >= 15 is 17.6 Å². The van der Waals surface area contributed by atoms with Crippen LogP contribution < -0.4 is 0 Å². The molecule has 35 heavy (non-hydrogen) atoms. The molecule has 2 aromatic rings. The standard InChI is InChI=1S/C27H20F6S2/c1-15-19(13-21(34-15)17-9-5-3-6-10-17)23-24(26(30,31)27(32,33)25(23,28)29)20-14-22(35-16(20)2)18-11-7-4-8-12-18/h3-16H,1-2H3/b23-19-,24-20-/t15-,16-/m1/s1. The van der Waals surface area contributed by atoms with E-state index in [1.807, 2.05) is 0 Å². The van der Waals surface area contributed by atoms with Crippen LogP contribution in [-0.2, 0) is 0 Å². The molecule has 8 heteroatoms. The highest BCUT2D eigenvalue weighted by Crippen LogP contribution is 2.66. The van der Waals surface area contributed by atoms with Gasteiger partial charge in [0.05, 0.1) is 0 Å². The summed E-state index contributed by atoms with van der Waals surface area (Å²) in [4.78, 5) is 1.15. The van der Waals surface area contributed by atoms with Gasteiger partial charge in [-0.1, -0.05) is 60.7 Å². The molecule has 2 heterocycles. The van der Waals surface area contributed by atoms with Crippen LogP contribution in [0.1, 0.15) is 25.0 Å². The Labute approximate surface area is 207 Å². The molecule has 0 unspecified atom stereocenters. The average Bonchev–Trinajstić information content (AvgIpc) is 3.42. The van der Waals surface area contributed by atoms with E-state index in [0.29, 0.717) is 20.9 Å². The first-order valence-corrected chi connectivity index (χ1v) is 12.7. The lowest BCUT2D eigenvalue weighted by Gasteiger charge is -2.23. The molecule has 0 nitrogen and oxygen atoms in total. The van der Waals surface area contributed by atoms with Crippen molar-refractivity contribution in [3.8, 4) is 0 Å². The lowest BCUT2D eigenvalue weighted by atomic mass is 9.92. The molecule has 2 atom stereocenters. The molecular formula is C27H20F6S2. The second-order valence-electron chi connectivity index (χ2n) is 8.65. The smallest absolute Gasteiger partial charge is 0.194 e. The van der Waals surface area contributed by atoms with Crippen LogP contribution in [-0.4, -0.2) is 28.3 Å². The first-order valence-electron chi connectivity index (χ1n) is 11.0. The van der Waals surface area contributed by atoms with Crippen molar-refractivity contribution in [2.75, 3.05) is 0 Å². The molecule has 0 aromatic heterocycles. The summed E-state index contributed by atoms with van der Waals surface area (Å²) in [5.74, 6) is -15.6. The normalized spacial score (nSPS) is 31.0. The minimum atomic E-state index is -5.55. The van der Waals surface area contributed by atoms with Crippen molar-refractivity contribution in [1.82, 2.24) is 0 Å². The Balaban J connectivity index is 1.78. The summed E-state index contributed by atoms with van der Waals surface area (Å²) in [6.07, 6.45) is 2.72. The van der Waals surface area contributed by atoms with E-state index in [1.165, 1.54) is 35.7 Å². The molecule has 0 amide bonds. The van der Waals surface area contributed by atoms with Crippen LogP contribution in [0.3, 0.4) is 0 Å². The fourth-order valence-corrected chi connectivity index (χ4v) is 6.95. The van der Waals surface area contributed by atoms with Gasteiger partial charge in [-0.25, -0.2) is 0 Å². The van der Waals surface area contributed by atoms with Gasteiger partial charge in [0, 0.05) is 31.5 Å². The van der Waals surface area contributed by atoms with Crippen LogP contribution in [0.2, 0.25) is 0 Å². The van der Waals surface area contributed by atoms with Crippen molar-refractivity contribution >= 4 is 33.3 Å². The lowest BCUT2D eigenvalue weighted by Crippen LogP contribution is -2.47. The van der Waals surface area contributed by atoms with Gasteiger partial charge in [0.25, 0.3) is 0 Å². The molecule has 5 rings (SSSR count). The SMILES string of the molecule is C[C@H]1SC(c2ccccc2)=C/C1=C1\C(=C2/C=C(c3ccccc3)S[C@@H]2C)C(F)(F)C(F)(F)C1(F)F. The van der Waals surface area contributed by atoms with Crippen LogP contribution in [0.25, 0.3) is 9.81 Å². The summed E-state index contributed by atoms with van der Waals surface area (Å²) in [6, 6.07) is 17.7. The largest absolute Gasteiger partial charge is 0.380 e. The first-order chi connectivity index (χ1) is 16.5. The van der Waals surface area contributed by atoms with E-state index in [9.17, 15) is 8.78 Å². The number of allylic oxidation sites excluding steroid dienone is 4. The quantitative estimate of drug-likeness (QED) is 0.361. The highest BCUT2D eigenvalue weighted by molar-refractivity contribution is 8.09. The zero-order chi connectivity index (χ0) is 25.2. The van der Waals surface area contributed by atoms with E-state index in [2.05, 4.69) is 0 Å². The maximum absolute atomic E-state index is 15.3. The van der Waals surface area contributed by atoms with E-state index in [1.54, 1.807) is 74.5 Å². The van der Waals surface area contributed by atoms with Gasteiger partial charge >= 0.3 is 17.8 Å². The Morgan fingerprint density at radius 2 is 0.914 bits per heavy atom. The fraction of sp³-hybridized carbons (Fsp3) is 0.259. The molecule has 1 saturated carbocycles. The van der Waals surface area contributed by atoms with Gasteiger partial charge < -0.3 is 0 Å². The van der Waals surface area contributed by atoms with Gasteiger partial charge in [0.1, 0.15) is 0 Å². The summed E-state index contributed by atoms with van der Waals surface area (Å²) < 4.78 is 90.8. The molecule has 182 valence electrons. The molecule has 0 radical (unpaired) electrons. The number of thioether (sulfide) groups is 2. The third-order valence-corrected chi connectivity index (χ3v) is 8.85. The fourth-order valence-electron chi connectivity index (χ4n) is 4.63. The third kappa shape index (κ3) is 3.63. The molecule has 3 aliphatic rings. The summed E-state index contributed by atoms with van der Waals surface area (Å²) in [6.45, 7) is 3.15. The van der Waals surface area contributed by atoms with Gasteiger partial charge in [-0.3, -0.25) is 0 Å². The lowest BCUT2D eigenvalue weighted by molar-refractivity contribution is -0.258. The van der Waals surface area contributed by atoms with Crippen LogP contribution >= 0.6 is 23.5 Å². The summed E-state index contributed by atoms with van der Waals surface area (Å²) in [7, 11) is 0.